The van der Waals surface area contributed by atoms with E-state index >= 15 is 0 Å². The number of aliphatic imine (C=N–C) groups is 1. The molecule has 0 saturated heterocycles. The molecule has 62 valence electrons. The second-order valence-electron chi connectivity index (χ2n) is 2.28. The molecular weight excluding hydrogens is 136 g/mol. The lowest BCUT2D eigenvalue weighted by Crippen LogP contribution is -1.95. The first kappa shape index (κ1) is 9.95. The Labute approximate surface area is 68.5 Å². The maximum absolute atomic E-state index is 5.49. The predicted octanol–water partition coefficient (Wildman–Crippen LogP) is 2.23. The van der Waals surface area contributed by atoms with Gasteiger partial charge in [0.25, 0.3) is 0 Å². The Kier molecular flexibility index (Phi) is 5.17. The molecule has 0 bridgehead atoms. The van der Waals surface area contributed by atoms with Crippen molar-refractivity contribution in [3.63, 3.8) is 0 Å². The lowest BCUT2D eigenvalue weighted by Gasteiger charge is -1.92. The fourth-order valence-electron chi connectivity index (χ4n) is 0.594. The highest BCUT2D eigenvalue weighted by Gasteiger charge is 1.83. The van der Waals surface area contributed by atoms with Crippen LogP contribution >= 0.6 is 0 Å². The standard InChI is InChI=1S/C9H16N2/c1-4-6-7-8(3)11-9(10)5-2/h5-7H,4,10H2,1-3H3/b7-6?,9-5-,11-8?. The maximum atomic E-state index is 5.49. The maximum Gasteiger partial charge on any atom is 0.119 e. The van der Waals surface area contributed by atoms with Crippen LogP contribution in [0.3, 0.4) is 0 Å². The summed E-state index contributed by atoms with van der Waals surface area (Å²) in [6.45, 7) is 5.89. The molecule has 0 rings (SSSR count). The van der Waals surface area contributed by atoms with Crippen LogP contribution in [0, 0.1) is 0 Å². The van der Waals surface area contributed by atoms with Crippen LogP contribution < -0.4 is 5.73 Å². The zero-order chi connectivity index (χ0) is 8.69. The van der Waals surface area contributed by atoms with Crippen LogP contribution in [0.1, 0.15) is 27.2 Å². The van der Waals surface area contributed by atoms with Gasteiger partial charge in [0, 0.05) is 5.71 Å². The van der Waals surface area contributed by atoms with Crippen molar-refractivity contribution >= 4 is 5.71 Å². The summed E-state index contributed by atoms with van der Waals surface area (Å²) in [6.07, 6.45) is 6.84. The molecule has 2 N–H and O–H groups in total. The zero-order valence-corrected chi connectivity index (χ0v) is 7.46. The Morgan fingerprint density at radius 2 is 2.18 bits per heavy atom. The Hall–Kier alpha value is -1.05. The molecule has 0 radical (unpaired) electrons. The second-order valence-corrected chi connectivity index (χ2v) is 2.28. The van der Waals surface area contributed by atoms with Crippen molar-refractivity contribution < 1.29 is 0 Å². The minimum absolute atomic E-state index is 0.572. The summed E-state index contributed by atoms with van der Waals surface area (Å²) in [5.41, 5.74) is 6.43. The lowest BCUT2D eigenvalue weighted by molar-refractivity contribution is 1.21. The first-order valence-corrected chi connectivity index (χ1v) is 3.84. The van der Waals surface area contributed by atoms with Crippen molar-refractivity contribution in [1.29, 1.82) is 0 Å². The summed E-state index contributed by atoms with van der Waals surface area (Å²) in [7, 11) is 0. The molecule has 0 spiro atoms. The van der Waals surface area contributed by atoms with Gasteiger partial charge in [0.1, 0.15) is 5.82 Å². The van der Waals surface area contributed by atoms with Gasteiger partial charge >= 0.3 is 0 Å². The van der Waals surface area contributed by atoms with Crippen molar-refractivity contribution in [2.75, 3.05) is 0 Å². The van der Waals surface area contributed by atoms with E-state index in [1.54, 1.807) is 6.08 Å². The van der Waals surface area contributed by atoms with Crippen LogP contribution in [0.2, 0.25) is 0 Å². The second kappa shape index (κ2) is 5.71. The number of hydrogen-bond acceptors (Lipinski definition) is 2. The SMILES string of the molecule is C/C=C(/N)N=C(C)C=CCC. The minimum Gasteiger partial charge on any atom is -0.384 e. The number of rotatable bonds is 3. The van der Waals surface area contributed by atoms with Gasteiger partial charge in [0.2, 0.25) is 0 Å². The van der Waals surface area contributed by atoms with E-state index in [1.807, 2.05) is 19.9 Å². The van der Waals surface area contributed by atoms with Gasteiger partial charge in [-0.1, -0.05) is 13.0 Å². The highest BCUT2D eigenvalue weighted by Crippen LogP contribution is 1.90. The van der Waals surface area contributed by atoms with Crippen molar-refractivity contribution in [3.05, 3.63) is 24.0 Å². The van der Waals surface area contributed by atoms with E-state index in [2.05, 4.69) is 18.0 Å². The van der Waals surface area contributed by atoms with Gasteiger partial charge in [-0.05, 0) is 32.4 Å². The van der Waals surface area contributed by atoms with E-state index in [0.717, 1.165) is 12.1 Å². The van der Waals surface area contributed by atoms with Gasteiger partial charge in [-0.3, -0.25) is 0 Å². The third kappa shape index (κ3) is 5.40. The van der Waals surface area contributed by atoms with Gasteiger partial charge in [0.05, 0.1) is 0 Å². The molecule has 0 heterocycles. The molecular formula is C9H16N2. The fraction of sp³-hybridized carbons (Fsp3) is 0.444. The third-order valence-electron chi connectivity index (χ3n) is 1.20. The summed E-state index contributed by atoms with van der Waals surface area (Å²) in [5, 5.41) is 0. The van der Waals surface area contributed by atoms with Crippen molar-refractivity contribution in [2.24, 2.45) is 10.7 Å². The Balaban J connectivity index is 4.11. The summed E-state index contributed by atoms with van der Waals surface area (Å²) in [6, 6.07) is 0. The van der Waals surface area contributed by atoms with Crippen LogP contribution in [-0.2, 0) is 0 Å². The molecule has 0 aliphatic heterocycles. The first-order valence-electron chi connectivity index (χ1n) is 3.84. The normalized spacial score (nSPS) is 14.5. The van der Waals surface area contributed by atoms with E-state index in [1.165, 1.54) is 0 Å². The van der Waals surface area contributed by atoms with Gasteiger partial charge < -0.3 is 5.73 Å². The van der Waals surface area contributed by atoms with Crippen LogP contribution in [0.5, 0.6) is 0 Å². The number of nitrogens with two attached hydrogens (primary N) is 1. The van der Waals surface area contributed by atoms with E-state index < -0.39 is 0 Å². The van der Waals surface area contributed by atoms with E-state index in [0.29, 0.717) is 5.82 Å². The predicted molar refractivity (Wildman–Crippen MR) is 50.5 cm³/mol. The molecule has 0 aromatic carbocycles. The Morgan fingerprint density at radius 1 is 1.55 bits per heavy atom. The molecule has 0 fully saturated rings. The zero-order valence-electron chi connectivity index (χ0n) is 7.46. The van der Waals surface area contributed by atoms with Crippen LogP contribution in [0.25, 0.3) is 0 Å². The molecule has 2 nitrogen and oxygen atoms in total. The highest BCUT2D eigenvalue weighted by atomic mass is 14.9. The summed E-state index contributed by atoms with van der Waals surface area (Å²) in [5.74, 6) is 0.572. The summed E-state index contributed by atoms with van der Waals surface area (Å²) < 4.78 is 0. The van der Waals surface area contributed by atoms with Crippen molar-refractivity contribution in [3.8, 4) is 0 Å². The van der Waals surface area contributed by atoms with Gasteiger partial charge in [-0.2, -0.15) is 0 Å². The molecule has 0 amide bonds. The molecule has 2 heteroatoms. The number of allylic oxidation sites excluding steroid dienone is 3. The summed E-state index contributed by atoms with van der Waals surface area (Å²) in [4.78, 5) is 4.10. The van der Waals surface area contributed by atoms with Crippen LogP contribution in [0.4, 0.5) is 0 Å². The third-order valence-corrected chi connectivity index (χ3v) is 1.20. The number of hydrogen-bond donors (Lipinski definition) is 1. The molecule has 0 atom stereocenters. The molecule has 0 saturated carbocycles. The van der Waals surface area contributed by atoms with Gasteiger partial charge in [-0.15, -0.1) is 0 Å². The molecule has 0 aliphatic carbocycles. The topological polar surface area (TPSA) is 38.4 Å². The fourth-order valence-corrected chi connectivity index (χ4v) is 0.594. The number of nitrogens with zero attached hydrogens (tertiary/aromatic N) is 1. The quantitative estimate of drug-likeness (QED) is 0.619. The van der Waals surface area contributed by atoms with Crippen LogP contribution in [0.15, 0.2) is 29.0 Å². The smallest absolute Gasteiger partial charge is 0.119 e. The molecule has 0 unspecified atom stereocenters. The van der Waals surface area contributed by atoms with E-state index in [9.17, 15) is 0 Å². The van der Waals surface area contributed by atoms with Gasteiger partial charge in [-0.25, -0.2) is 4.99 Å². The summed E-state index contributed by atoms with van der Waals surface area (Å²) >= 11 is 0. The molecule has 0 aliphatic rings. The Bertz CT molecular complexity index is 188. The first-order chi connectivity index (χ1) is 5.20. The van der Waals surface area contributed by atoms with E-state index in [-0.39, 0.29) is 0 Å². The molecule has 0 aromatic rings. The van der Waals surface area contributed by atoms with Crippen LogP contribution in [-0.4, -0.2) is 5.71 Å². The largest absolute Gasteiger partial charge is 0.384 e. The van der Waals surface area contributed by atoms with Crippen molar-refractivity contribution in [2.45, 2.75) is 27.2 Å². The minimum atomic E-state index is 0.572. The molecule has 11 heavy (non-hydrogen) atoms. The lowest BCUT2D eigenvalue weighted by atomic mass is 10.3. The van der Waals surface area contributed by atoms with E-state index in [4.69, 9.17) is 5.73 Å². The van der Waals surface area contributed by atoms with Gasteiger partial charge in [0.15, 0.2) is 0 Å². The molecule has 0 aromatic heterocycles. The Morgan fingerprint density at radius 3 is 2.64 bits per heavy atom. The van der Waals surface area contributed by atoms with Crippen molar-refractivity contribution in [1.82, 2.24) is 0 Å². The monoisotopic (exact) mass is 152 g/mol. The average Bonchev–Trinajstić information content (AvgIpc) is 2.00. The average molecular weight is 152 g/mol. The highest BCUT2D eigenvalue weighted by molar-refractivity contribution is 5.93.